The zero-order chi connectivity index (χ0) is 13.1. The summed E-state index contributed by atoms with van der Waals surface area (Å²) in [5.74, 6) is 1.07. The van der Waals surface area contributed by atoms with Gasteiger partial charge in [-0.3, -0.25) is 9.78 Å². The fraction of sp³-hybridized carbons (Fsp3) is 0.250. The Labute approximate surface area is 112 Å². The Morgan fingerprint density at radius 2 is 2.16 bits per heavy atom. The standard InChI is InChI=1S/C16H15NO2/c18-16-5-1-4-13-9-14(6-7-15(13)16)19-11-12-3-2-8-17-10-12/h2-3,6-10H,1,4-5,11H2. The van der Waals surface area contributed by atoms with E-state index in [0.717, 1.165) is 35.3 Å². The number of aryl methyl sites for hydroxylation is 1. The van der Waals surface area contributed by atoms with Gasteiger partial charge in [-0.05, 0) is 42.7 Å². The van der Waals surface area contributed by atoms with Crippen molar-refractivity contribution in [2.24, 2.45) is 0 Å². The second kappa shape index (κ2) is 5.22. The van der Waals surface area contributed by atoms with Gasteiger partial charge in [-0.25, -0.2) is 0 Å². The van der Waals surface area contributed by atoms with E-state index in [4.69, 9.17) is 4.74 Å². The highest BCUT2D eigenvalue weighted by Gasteiger charge is 2.17. The first kappa shape index (κ1) is 11.9. The number of fused-ring (bicyclic) bond motifs is 1. The van der Waals surface area contributed by atoms with Crippen molar-refractivity contribution < 1.29 is 9.53 Å². The van der Waals surface area contributed by atoms with Crippen LogP contribution in [0, 0.1) is 0 Å². The van der Waals surface area contributed by atoms with Crippen LogP contribution in [0.5, 0.6) is 5.75 Å². The first-order valence-corrected chi connectivity index (χ1v) is 6.51. The van der Waals surface area contributed by atoms with E-state index >= 15 is 0 Å². The molecule has 3 rings (SSSR count). The molecule has 0 bridgehead atoms. The van der Waals surface area contributed by atoms with Gasteiger partial charge in [0.25, 0.3) is 0 Å². The van der Waals surface area contributed by atoms with Crippen molar-refractivity contribution in [3.05, 3.63) is 59.4 Å². The molecule has 0 unspecified atom stereocenters. The van der Waals surface area contributed by atoms with Crippen LogP contribution in [-0.2, 0) is 13.0 Å². The molecule has 2 aromatic rings. The van der Waals surface area contributed by atoms with Gasteiger partial charge in [-0.15, -0.1) is 0 Å². The van der Waals surface area contributed by atoms with E-state index in [-0.39, 0.29) is 5.78 Å². The number of ketones is 1. The Morgan fingerprint density at radius 1 is 1.21 bits per heavy atom. The molecule has 1 aromatic carbocycles. The van der Waals surface area contributed by atoms with Crippen LogP contribution >= 0.6 is 0 Å². The van der Waals surface area contributed by atoms with Crippen LogP contribution in [0.3, 0.4) is 0 Å². The number of ether oxygens (including phenoxy) is 1. The van der Waals surface area contributed by atoms with Crippen molar-refractivity contribution in [3.63, 3.8) is 0 Å². The lowest BCUT2D eigenvalue weighted by atomic mass is 9.90. The number of hydrogen-bond acceptors (Lipinski definition) is 3. The van der Waals surface area contributed by atoms with E-state index in [0.29, 0.717) is 13.0 Å². The molecule has 0 atom stereocenters. The van der Waals surface area contributed by atoms with E-state index in [9.17, 15) is 4.79 Å². The molecule has 0 fully saturated rings. The van der Waals surface area contributed by atoms with Gasteiger partial charge in [0.1, 0.15) is 12.4 Å². The van der Waals surface area contributed by atoms with Crippen LogP contribution in [-0.4, -0.2) is 10.8 Å². The third-order valence-electron chi connectivity index (χ3n) is 3.36. The summed E-state index contributed by atoms with van der Waals surface area (Å²) in [6.45, 7) is 0.501. The monoisotopic (exact) mass is 253 g/mol. The number of Topliss-reactive ketones (excluding diaryl/α,β-unsaturated/α-hetero) is 1. The number of carbonyl (C=O) groups excluding carboxylic acids is 1. The largest absolute Gasteiger partial charge is 0.489 e. The minimum Gasteiger partial charge on any atom is -0.489 e. The molecule has 3 heteroatoms. The molecule has 1 aromatic heterocycles. The van der Waals surface area contributed by atoms with Gasteiger partial charge in [-0.1, -0.05) is 6.07 Å². The summed E-state index contributed by atoms with van der Waals surface area (Å²) in [4.78, 5) is 15.8. The van der Waals surface area contributed by atoms with Gasteiger partial charge < -0.3 is 4.74 Å². The summed E-state index contributed by atoms with van der Waals surface area (Å²) < 4.78 is 5.74. The highest BCUT2D eigenvalue weighted by molar-refractivity contribution is 5.98. The van der Waals surface area contributed by atoms with E-state index in [1.165, 1.54) is 0 Å². The van der Waals surface area contributed by atoms with Gasteiger partial charge in [0.2, 0.25) is 0 Å². The molecule has 0 N–H and O–H groups in total. The normalized spacial score (nSPS) is 14.0. The van der Waals surface area contributed by atoms with E-state index in [1.54, 1.807) is 12.4 Å². The smallest absolute Gasteiger partial charge is 0.163 e. The van der Waals surface area contributed by atoms with Crippen LogP contribution < -0.4 is 4.74 Å². The van der Waals surface area contributed by atoms with Gasteiger partial charge >= 0.3 is 0 Å². The number of rotatable bonds is 3. The maximum absolute atomic E-state index is 11.7. The quantitative estimate of drug-likeness (QED) is 0.843. The molecule has 19 heavy (non-hydrogen) atoms. The molecule has 0 saturated heterocycles. The summed E-state index contributed by atoms with van der Waals surface area (Å²) in [7, 11) is 0. The second-order valence-corrected chi connectivity index (χ2v) is 4.75. The number of pyridine rings is 1. The lowest BCUT2D eigenvalue weighted by molar-refractivity contribution is 0.0972. The molecule has 1 heterocycles. The average molecular weight is 253 g/mol. The van der Waals surface area contributed by atoms with Gasteiger partial charge in [0, 0.05) is 29.9 Å². The molecule has 0 spiro atoms. The van der Waals surface area contributed by atoms with Gasteiger partial charge in [-0.2, -0.15) is 0 Å². The van der Waals surface area contributed by atoms with Crippen molar-refractivity contribution in [2.75, 3.05) is 0 Å². The summed E-state index contributed by atoms with van der Waals surface area (Å²) in [6.07, 6.45) is 6.11. The minimum absolute atomic E-state index is 0.250. The number of aromatic nitrogens is 1. The summed E-state index contributed by atoms with van der Waals surface area (Å²) >= 11 is 0. The number of benzene rings is 1. The molecule has 96 valence electrons. The predicted octanol–water partition coefficient (Wildman–Crippen LogP) is 3.18. The van der Waals surface area contributed by atoms with Crippen LogP contribution in [0.1, 0.15) is 34.3 Å². The Hall–Kier alpha value is -2.16. The molecule has 0 radical (unpaired) electrons. The lowest BCUT2D eigenvalue weighted by Gasteiger charge is -2.15. The minimum atomic E-state index is 0.250. The van der Waals surface area contributed by atoms with Gasteiger partial charge in [0.05, 0.1) is 0 Å². The second-order valence-electron chi connectivity index (χ2n) is 4.75. The zero-order valence-corrected chi connectivity index (χ0v) is 10.6. The SMILES string of the molecule is O=C1CCCc2cc(OCc3cccnc3)ccc21. The average Bonchev–Trinajstić information content (AvgIpc) is 2.46. The lowest BCUT2D eigenvalue weighted by Crippen LogP contribution is -2.10. The van der Waals surface area contributed by atoms with Crippen molar-refractivity contribution in [1.29, 1.82) is 0 Å². The van der Waals surface area contributed by atoms with E-state index in [2.05, 4.69) is 4.98 Å². The molecule has 0 aliphatic heterocycles. The molecular weight excluding hydrogens is 238 g/mol. The Balaban J connectivity index is 1.74. The topological polar surface area (TPSA) is 39.2 Å². The highest BCUT2D eigenvalue weighted by atomic mass is 16.5. The molecule has 0 saturated carbocycles. The van der Waals surface area contributed by atoms with Crippen molar-refractivity contribution >= 4 is 5.78 Å². The summed E-state index contributed by atoms with van der Waals surface area (Å²) in [5, 5.41) is 0. The third kappa shape index (κ3) is 2.65. The molecule has 1 aliphatic rings. The predicted molar refractivity (Wildman–Crippen MR) is 72.3 cm³/mol. The van der Waals surface area contributed by atoms with Crippen molar-refractivity contribution in [2.45, 2.75) is 25.9 Å². The number of hydrogen-bond donors (Lipinski definition) is 0. The molecule has 0 amide bonds. The Bertz CT molecular complexity index is 593. The first-order chi connectivity index (χ1) is 9.33. The highest BCUT2D eigenvalue weighted by Crippen LogP contribution is 2.25. The number of nitrogens with zero attached hydrogens (tertiary/aromatic N) is 1. The van der Waals surface area contributed by atoms with Crippen LogP contribution in [0.15, 0.2) is 42.7 Å². The van der Waals surface area contributed by atoms with Crippen LogP contribution in [0.4, 0.5) is 0 Å². The summed E-state index contributed by atoms with van der Waals surface area (Å²) in [5.41, 5.74) is 3.01. The maximum Gasteiger partial charge on any atom is 0.163 e. The Kier molecular flexibility index (Phi) is 3.27. The van der Waals surface area contributed by atoms with Crippen LogP contribution in [0.2, 0.25) is 0 Å². The maximum atomic E-state index is 11.7. The molecule has 1 aliphatic carbocycles. The zero-order valence-electron chi connectivity index (χ0n) is 10.6. The van der Waals surface area contributed by atoms with Crippen LogP contribution in [0.25, 0.3) is 0 Å². The van der Waals surface area contributed by atoms with E-state index < -0.39 is 0 Å². The van der Waals surface area contributed by atoms with E-state index in [1.807, 2.05) is 30.3 Å². The van der Waals surface area contributed by atoms with Crippen molar-refractivity contribution in [3.8, 4) is 5.75 Å². The fourth-order valence-electron chi connectivity index (χ4n) is 2.36. The molecule has 3 nitrogen and oxygen atoms in total. The van der Waals surface area contributed by atoms with Crippen molar-refractivity contribution in [1.82, 2.24) is 4.98 Å². The summed E-state index contributed by atoms with van der Waals surface area (Å²) in [6, 6.07) is 9.62. The number of carbonyl (C=O) groups is 1. The third-order valence-corrected chi connectivity index (χ3v) is 3.36. The Morgan fingerprint density at radius 3 is 3.00 bits per heavy atom. The molecular formula is C16H15NO2. The fourth-order valence-corrected chi connectivity index (χ4v) is 2.36. The van der Waals surface area contributed by atoms with Gasteiger partial charge in [0.15, 0.2) is 5.78 Å². The first-order valence-electron chi connectivity index (χ1n) is 6.51.